The van der Waals surface area contributed by atoms with Crippen LogP contribution in [0.3, 0.4) is 0 Å². The molecule has 0 saturated carbocycles. The highest BCUT2D eigenvalue weighted by Crippen LogP contribution is 2.25. The molecule has 31 heavy (non-hydrogen) atoms. The first-order valence-corrected chi connectivity index (χ1v) is 11.8. The van der Waals surface area contributed by atoms with Gasteiger partial charge in [-0.25, -0.2) is 4.98 Å². The van der Waals surface area contributed by atoms with Crippen LogP contribution in [0.4, 0.5) is 5.00 Å². The maximum atomic E-state index is 13.1. The third kappa shape index (κ3) is 4.93. The Morgan fingerprint density at radius 1 is 1.39 bits per heavy atom. The Bertz CT molecular complexity index is 1200. The Hall–Kier alpha value is -2.40. The van der Waals surface area contributed by atoms with Crippen molar-refractivity contribution in [2.24, 2.45) is 5.73 Å². The van der Waals surface area contributed by atoms with E-state index in [1.807, 2.05) is 0 Å². The fourth-order valence-electron chi connectivity index (χ4n) is 3.33. The molecular weight excluding hydrogens is 460 g/mol. The molecule has 1 saturated heterocycles. The zero-order valence-corrected chi connectivity index (χ0v) is 18.7. The number of ether oxygens (including phenoxy) is 1. The van der Waals surface area contributed by atoms with Crippen molar-refractivity contribution in [3.63, 3.8) is 0 Å². The van der Waals surface area contributed by atoms with E-state index in [4.69, 9.17) is 22.1 Å². The molecule has 3 aromatic rings. The molecule has 162 valence electrons. The zero-order chi connectivity index (χ0) is 22.0. The first-order valence-electron chi connectivity index (χ1n) is 9.54. The largest absolute Gasteiger partial charge is 0.376 e. The third-order valence-electron chi connectivity index (χ3n) is 4.81. The maximum Gasteiger partial charge on any atom is 0.262 e. The Morgan fingerprint density at radius 3 is 2.97 bits per heavy atom. The van der Waals surface area contributed by atoms with Gasteiger partial charge in [-0.1, -0.05) is 23.4 Å². The van der Waals surface area contributed by atoms with Gasteiger partial charge in [-0.05, 0) is 42.5 Å². The van der Waals surface area contributed by atoms with E-state index in [-0.39, 0.29) is 28.9 Å². The highest BCUT2D eigenvalue weighted by molar-refractivity contribution is 7.99. The number of benzene rings is 1. The molecule has 1 aliphatic rings. The summed E-state index contributed by atoms with van der Waals surface area (Å²) >= 11 is 8.42. The van der Waals surface area contributed by atoms with Gasteiger partial charge in [0.05, 0.1) is 34.9 Å². The van der Waals surface area contributed by atoms with Gasteiger partial charge in [-0.15, -0.1) is 11.3 Å². The number of rotatable bonds is 7. The van der Waals surface area contributed by atoms with Crippen molar-refractivity contribution in [1.82, 2.24) is 9.55 Å². The summed E-state index contributed by atoms with van der Waals surface area (Å²) < 4.78 is 7.25. The molecule has 3 heterocycles. The molecule has 1 fully saturated rings. The predicted molar refractivity (Wildman–Crippen MR) is 122 cm³/mol. The fraction of sp³-hybridized carbons (Fsp3) is 0.300. The lowest BCUT2D eigenvalue weighted by molar-refractivity contribution is -0.113. The van der Waals surface area contributed by atoms with Gasteiger partial charge in [-0.2, -0.15) is 0 Å². The van der Waals surface area contributed by atoms with Crippen molar-refractivity contribution in [3.8, 4) is 0 Å². The van der Waals surface area contributed by atoms with Crippen LogP contribution in [0.2, 0.25) is 5.02 Å². The van der Waals surface area contributed by atoms with Crippen LogP contribution < -0.4 is 16.6 Å². The summed E-state index contributed by atoms with van der Waals surface area (Å²) in [6, 6.07) is 6.50. The molecule has 4 rings (SSSR count). The number of carbonyl (C=O) groups is 2. The number of halogens is 1. The number of carbonyl (C=O) groups excluding carboxylic acids is 2. The Labute approximate surface area is 190 Å². The molecule has 1 aromatic carbocycles. The molecular formula is C20H19ClN4O4S2. The van der Waals surface area contributed by atoms with Crippen LogP contribution in [0.5, 0.6) is 0 Å². The molecule has 0 aliphatic carbocycles. The highest BCUT2D eigenvalue weighted by Gasteiger charge is 2.21. The summed E-state index contributed by atoms with van der Waals surface area (Å²) in [4.78, 5) is 41.6. The number of fused-ring (bicyclic) bond motifs is 1. The number of primary amides is 1. The SMILES string of the molecule is NC(=O)c1ccsc1NC(=O)CSc1nc2cc(Cl)ccc2c(=O)n1CC1CCCO1. The number of nitrogens with two attached hydrogens (primary N) is 1. The van der Waals surface area contributed by atoms with Gasteiger partial charge in [0.15, 0.2) is 5.16 Å². The van der Waals surface area contributed by atoms with Crippen LogP contribution in [-0.2, 0) is 16.1 Å². The van der Waals surface area contributed by atoms with Crippen LogP contribution in [0.25, 0.3) is 10.9 Å². The number of thioether (sulfide) groups is 1. The third-order valence-corrected chi connectivity index (χ3v) is 6.85. The lowest BCUT2D eigenvalue weighted by Crippen LogP contribution is -2.29. The lowest BCUT2D eigenvalue weighted by Gasteiger charge is -2.16. The van der Waals surface area contributed by atoms with E-state index in [1.54, 1.807) is 34.2 Å². The van der Waals surface area contributed by atoms with Crippen molar-refractivity contribution in [3.05, 3.63) is 50.6 Å². The number of thiophene rings is 1. The predicted octanol–water partition coefficient (Wildman–Crippen LogP) is 3.12. The molecule has 3 N–H and O–H groups in total. The summed E-state index contributed by atoms with van der Waals surface area (Å²) in [7, 11) is 0. The number of aromatic nitrogens is 2. The monoisotopic (exact) mass is 478 g/mol. The molecule has 8 nitrogen and oxygen atoms in total. The van der Waals surface area contributed by atoms with Crippen molar-refractivity contribution in [2.75, 3.05) is 17.7 Å². The quantitative estimate of drug-likeness (QED) is 0.398. The molecule has 0 bridgehead atoms. The molecule has 1 atom stereocenters. The number of hydrogen-bond acceptors (Lipinski definition) is 7. The fourth-order valence-corrected chi connectivity index (χ4v) is 5.11. The minimum Gasteiger partial charge on any atom is -0.376 e. The van der Waals surface area contributed by atoms with Gasteiger partial charge in [0.1, 0.15) is 5.00 Å². The number of nitrogens with zero attached hydrogens (tertiary/aromatic N) is 2. The second-order valence-corrected chi connectivity index (χ2v) is 9.27. The van der Waals surface area contributed by atoms with E-state index in [0.717, 1.165) is 24.6 Å². The van der Waals surface area contributed by atoms with Crippen molar-refractivity contribution < 1.29 is 14.3 Å². The molecule has 1 aliphatic heterocycles. The van der Waals surface area contributed by atoms with Gasteiger partial charge < -0.3 is 15.8 Å². The average molecular weight is 479 g/mol. The number of amides is 2. The van der Waals surface area contributed by atoms with Crippen molar-refractivity contribution >= 4 is 62.4 Å². The smallest absolute Gasteiger partial charge is 0.262 e. The number of anilines is 1. The second kappa shape index (κ2) is 9.39. The van der Waals surface area contributed by atoms with Crippen LogP contribution in [-0.4, -0.2) is 39.8 Å². The first-order chi connectivity index (χ1) is 14.9. The zero-order valence-electron chi connectivity index (χ0n) is 16.3. The van der Waals surface area contributed by atoms with E-state index in [2.05, 4.69) is 10.3 Å². The minimum atomic E-state index is -0.609. The second-order valence-electron chi connectivity index (χ2n) is 6.97. The van der Waals surface area contributed by atoms with Gasteiger partial charge in [-0.3, -0.25) is 19.0 Å². The van der Waals surface area contributed by atoms with E-state index < -0.39 is 5.91 Å². The van der Waals surface area contributed by atoms with Crippen molar-refractivity contribution in [1.29, 1.82) is 0 Å². The average Bonchev–Trinajstić information content (AvgIpc) is 3.40. The molecule has 0 radical (unpaired) electrons. The van der Waals surface area contributed by atoms with E-state index >= 15 is 0 Å². The highest BCUT2D eigenvalue weighted by atomic mass is 35.5. The van der Waals surface area contributed by atoms with Gasteiger partial charge in [0.25, 0.3) is 11.5 Å². The molecule has 2 amide bonds. The Balaban J connectivity index is 1.58. The van der Waals surface area contributed by atoms with Gasteiger partial charge in [0.2, 0.25) is 5.91 Å². The van der Waals surface area contributed by atoms with Crippen LogP contribution in [0.1, 0.15) is 23.2 Å². The molecule has 0 spiro atoms. The topological polar surface area (TPSA) is 116 Å². The molecule has 11 heteroatoms. The standard InChI is InChI=1S/C20H19ClN4O4S2/c21-11-3-4-13-15(8-11)23-20(25(19(13)28)9-12-2-1-6-29-12)31-10-16(26)24-18-14(17(22)27)5-7-30-18/h3-5,7-8,12H,1-2,6,9-10H2,(H2,22,27)(H,24,26). The van der Waals surface area contributed by atoms with Crippen LogP contribution in [0.15, 0.2) is 39.6 Å². The number of hydrogen-bond donors (Lipinski definition) is 2. The van der Waals surface area contributed by atoms with Gasteiger partial charge in [0, 0.05) is 11.6 Å². The maximum absolute atomic E-state index is 13.1. The van der Waals surface area contributed by atoms with Crippen LogP contribution in [0, 0.1) is 0 Å². The lowest BCUT2D eigenvalue weighted by atomic mass is 10.2. The summed E-state index contributed by atoms with van der Waals surface area (Å²) in [5.41, 5.74) is 5.85. The van der Waals surface area contributed by atoms with E-state index in [1.165, 1.54) is 11.3 Å². The Morgan fingerprint density at radius 2 is 2.23 bits per heavy atom. The summed E-state index contributed by atoms with van der Waals surface area (Å²) in [5.74, 6) is -0.943. The number of nitrogens with one attached hydrogen (secondary N) is 1. The molecule has 2 aromatic heterocycles. The van der Waals surface area contributed by atoms with Crippen LogP contribution >= 0.6 is 34.7 Å². The van der Waals surface area contributed by atoms with E-state index in [0.29, 0.717) is 39.2 Å². The summed E-state index contributed by atoms with van der Waals surface area (Å²) in [6.07, 6.45) is 1.75. The minimum absolute atomic E-state index is 0.000137. The summed E-state index contributed by atoms with van der Waals surface area (Å²) in [6.45, 7) is 1.04. The first kappa shape index (κ1) is 21.8. The van der Waals surface area contributed by atoms with E-state index in [9.17, 15) is 14.4 Å². The Kier molecular flexibility index (Phi) is 6.61. The van der Waals surface area contributed by atoms with Gasteiger partial charge >= 0.3 is 0 Å². The van der Waals surface area contributed by atoms with Crippen molar-refractivity contribution in [2.45, 2.75) is 30.6 Å². The normalized spacial score (nSPS) is 16.0. The molecule has 1 unspecified atom stereocenters. The summed E-state index contributed by atoms with van der Waals surface area (Å²) in [5, 5.41) is 6.11.